The topological polar surface area (TPSA) is 49.2 Å². The van der Waals surface area contributed by atoms with Crippen molar-refractivity contribution in [2.45, 2.75) is 45.4 Å². The van der Waals surface area contributed by atoms with Gasteiger partial charge in [0.15, 0.2) is 0 Å². The highest BCUT2D eigenvalue weighted by Gasteiger charge is 2.25. The second-order valence-electron chi connectivity index (χ2n) is 6.29. The highest BCUT2D eigenvalue weighted by Crippen LogP contribution is 2.40. The quantitative estimate of drug-likeness (QED) is 0.534. The van der Waals surface area contributed by atoms with Crippen LogP contribution in [-0.4, -0.2) is 38.3 Å². The molecule has 0 fully saturated rings. The normalized spacial score (nSPS) is 15.9. The summed E-state index contributed by atoms with van der Waals surface area (Å²) in [5.41, 5.74) is 3.81. The lowest BCUT2D eigenvalue weighted by Gasteiger charge is -2.19. The van der Waals surface area contributed by atoms with E-state index in [4.69, 9.17) is 4.74 Å². The van der Waals surface area contributed by atoms with Crippen molar-refractivity contribution in [1.29, 1.82) is 0 Å². The third-order valence-electron chi connectivity index (χ3n) is 4.64. The first-order valence-electron chi connectivity index (χ1n) is 9.00. The number of benzene rings is 1. The molecule has 0 saturated carbocycles. The Balaban J connectivity index is 2.22. The zero-order chi connectivity index (χ0) is 18.2. The Kier molecular flexibility index (Phi) is 7.04. The maximum Gasteiger partial charge on any atom is 0.124 e. The average molecular weight is 342 g/mol. The molecule has 2 rings (SSSR count). The molecule has 0 spiro atoms. The van der Waals surface area contributed by atoms with Crippen LogP contribution in [0.3, 0.4) is 0 Å². The van der Waals surface area contributed by atoms with Crippen LogP contribution >= 0.6 is 0 Å². The van der Waals surface area contributed by atoms with Crippen LogP contribution in [0.5, 0.6) is 5.75 Å². The molecule has 136 valence electrons. The van der Waals surface area contributed by atoms with Crippen molar-refractivity contribution in [1.82, 2.24) is 5.01 Å². The molecule has 5 heteroatoms. The van der Waals surface area contributed by atoms with E-state index in [1.807, 2.05) is 19.3 Å². The molecule has 0 radical (unpaired) electrons. The van der Waals surface area contributed by atoms with Crippen molar-refractivity contribution in [2.24, 2.45) is 10.1 Å². The highest BCUT2D eigenvalue weighted by molar-refractivity contribution is 6.04. The predicted octanol–water partition coefficient (Wildman–Crippen LogP) is 4.42. The summed E-state index contributed by atoms with van der Waals surface area (Å²) in [6, 6.07) is 4.31. The SMILES string of the molecule is C=NN(C)/C=C/CN=C1Cc2c(OC)ccc(C(CC)CCC)c2N1. The molecule has 0 saturated heterocycles. The number of ether oxygens (including phenoxy) is 1. The van der Waals surface area contributed by atoms with E-state index in [0.29, 0.717) is 12.5 Å². The summed E-state index contributed by atoms with van der Waals surface area (Å²) < 4.78 is 5.57. The number of fused-ring (bicyclic) bond motifs is 1. The van der Waals surface area contributed by atoms with Crippen molar-refractivity contribution >= 4 is 18.2 Å². The van der Waals surface area contributed by atoms with Crippen LogP contribution in [0.2, 0.25) is 0 Å². The van der Waals surface area contributed by atoms with E-state index < -0.39 is 0 Å². The summed E-state index contributed by atoms with van der Waals surface area (Å²) in [4.78, 5) is 4.67. The van der Waals surface area contributed by atoms with Gasteiger partial charge in [-0.05, 0) is 36.5 Å². The van der Waals surface area contributed by atoms with Crippen molar-refractivity contribution in [2.75, 3.05) is 26.0 Å². The first-order valence-corrected chi connectivity index (χ1v) is 9.00. The minimum atomic E-state index is 0.573. The number of hydrogen-bond acceptors (Lipinski definition) is 4. The van der Waals surface area contributed by atoms with E-state index in [-0.39, 0.29) is 0 Å². The zero-order valence-corrected chi connectivity index (χ0v) is 15.9. The number of amidine groups is 1. The van der Waals surface area contributed by atoms with Gasteiger partial charge in [0.2, 0.25) is 0 Å². The first kappa shape index (κ1) is 19.0. The standard InChI is InChI=1S/C20H30N4O/c1-6-9-15(7-2)16-10-11-18(25-5)17-14-19(23-20(16)17)22-12-8-13-24(4)21-3/h8,10-11,13,15H,3,6-7,9,12,14H2,1-2,4-5H3,(H,22,23)/b13-8+. The van der Waals surface area contributed by atoms with Gasteiger partial charge in [-0.3, -0.25) is 10.0 Å². The molecular formula is C20H30N4O. The first-order chi connectivity index (χ1) is 12.1. The number of hydrazone groups is 1. The molecule has 0 amide bonds. The Hall–Kier alpha value is -2.30. The van der Waals surface area contributed by atoms with E-state index in [1.165, 1.54) is 29.7 Å². The van der Waals surface area contributed by atoms with Crippen LogP contribution < -0.4 is 10.1 Å². The minimum Gasteiger partial charge on any atom is -0.496 e. The van der Waals surface area contributed by atoms with E-state index in [1.54, 1.807) is 12.1 Å². The molecule has 1 aliphatic rings. The number of aliphatic imine (C=N–C) groups is 1. The smallest absolute Gasteiger partial charge is 0.124 e. The Labute approximate surface area is 151 Å². The van der Waals surface area contributed by atoms with Crippen LogP contribution in [0.4, 0.5) is 5.69 Å². The largest absolute Gasteiger partial charge is 0.496 e. The van der Waals surface area contributed by atoms with E-state index in [9.17, 15) is 0 Å². The Morgan fingerprint density at radius 1 is 1.40 bits per heavy atom. The fourth-order valence-corrected chi connectivity index (χ4v) is 3.29. The fourth-order valence-electron chi connectivity index (χ4n) is 3.29. The van der Waals surface area contributed by atoms with Crippen molar-refractivity contribution < 1.29 is 4.74 Å². The molecule has 1 heterocycles. The molecule has 25 heavy (non-hydrogen) atoms. The van der Waals surface area contributed by atoms with Crippen molar-refractivity contribution in [3.63, 3.8) is 0 Å². The molecule has 1 aliphatic heterocycles. The van der Waals surface area contributed by atoms with Crippen molar-refractivity contribution in [3.8, 4) is 5.75 Å². The van der Waals surface area contributed by atoms with Crippen LogP contribution in [0.25, 0.3) is 0 Å². The third-order valence-corrected chi connectivity index (χ3v) is 4.64. The zero-order valence-electron chi connectivity index (χ0n) is 15.9. The Morgan fingerprint density at radius 3 is 2.84 bits per heavy atom. The van der Waals surface area contributed by atoms with E-state index in [2.05, 4.69) is 48.1 Å². The van der Waals surface area contributed by atoms with E-state index in [0.717, 1.165) is 24.4 Å². The molecule has 0 aromatic heterocycles. The Morgan fingerprint density at radius 2 is 2.20 bits per heavy atom. The predicted molar refractivity (Wildman–Crippen MR) is 107 cm³/mol. The monoisotopic (exact) mass is 342 g/mol. The summed E-state index contributed by atoms with van der Waals surface area (Å²) in [6.07, 6.45) is 8.15. The number of nitrogens with zero attached hydrogens (tertiary/aromatic N) is 3. The Bertz CT molecular complexity index is 651. The maximum atomic E-state index is 5.57. The van der Waals surface area contributed by atoms with Crippen molar-refractivity contribution in [3.05, 3.63) is 35.5 Å². The second kappa shape index (κ2) is 9.25. The summed E-state index contributed by atoms with van der Waals surface area (Å²) in [5.74, 6) is 2.50. The molecule has 1 atom stereocenters. The van der Waals surface area contributed by atoms with Crippen LogP contribution in [-0.2, 0) is 6.42 Å². The van der Waals surface area contributed by atoms with E-state index >= 15 is 0 Å². The lowest BCUT2D eigenvalue weighted by molar-refractivity contribution is 0.411. The van der Waals surface area contributed by atoms with Gasteiger partial charge in [0.1, 0.15) is 11.6 Å². The van der Waals surface area contributed by atoms with Crippen LogP contribution in [0, 0.1) is 0 Å². The van der Waals surface area contributed by atoms with Gasteiger partial charge in [-0.1, -0.05) is 26.3 Å². The van der Waals surface area contributed by atoms with Gasteiger partial charge in [0.25, 0.3) is 0 Å². The molecule has 5 nitrogen and oxygen atoms in total. The number of anilines is 1. The number of rotatable bonds is 9. The second-order valence-corrected chi connectivity index (χ2v) is 6.29. The summed E-state index contributed by atoms with van der Waals surface area (Å²) in [7, 11) is 3.57. The number of methoxy groups -OCH3 is 1. The minimum absolute atomic E-state index is 0.573. The number of hydrogen-bond donors (Lipinski definition) is 1. The van der Waals surface area contributed by atoms with Crippen LogP contribution in [0.15, 0.2) is 34.5 Å². The molecular weight excluding hydrogens is 312 g/mol. The lowest BCUT2D eigenvalue weighted by atomic mass is 9.89. The lowest BCUT2D eigenvalue weighted by Crippen LogP contribution is -2.09. The van der Waals surface area contributed by atoms with Gasteiger partial charge in [-0.15, -0.1) is 0 Å². The molecule has 1 unspecified atom stereocenters. The maximum absolute atomic E-state index is 5.57. The highest BCUT2D eigenvalue weighted by atomic mass is 16.5. The average Bonchev–Trinajstić information content (AvgIpc) is 3.06. The molecule has 1 aromatic rings. The molecule has 0 bridgehead atoms. The summed E-state index contributed by atoms with van der Waals surface area (Å²) in [5, 5.41) is 8.99. The molecule has 1 N–H and O–H groups in total. The summed E-state index contributed by atoms with van der Waals surface area (Å²) in [6.45, 7) is 8.59. The fraction of sp³-hybridized carbons (Fsp3) is 0.500. The van der Waals surface area contributed by atoms with Gasteiger partial charge in [-0.25, -0.2) is 0 Å². The number of nitrogens with one attached hydrogen (secondary N) is 1. The van der Waals surface area contributed by atoms with Gasteiger partial charge in [0.05, 0.1) is 19.3 Å². The van der Waals surface area contributed by atoms with Gasteiger partial charge in [-0.2, -0.15) is 5.10 Å². The van der Waals surface area contributed by atoms with Crippen LogP contribution in [0.1, 0.15) is 50.2 Å². The molecule has 0 aliphatic carbocycles. The van der Waals surface area contributed by atoms with Gasteiger partial charge in [0, 0.05) is 31.9 Å². The van der Waals surface area contributed by atoms with Gasteiger partial charge < -0.3 is 10.1 Å². The summed E-state index contributed by atoms with van der Waals surface area (Å²) >= 11 is 0. The third kappa shape index (κ3) is 4.62. The van der Waals surface area contributed by atoms with Gasteiger partial charge >= 0.3 is 0 Å². The molecule has 1 aromatic carbocycles.